The summed E-state index contributed by atoms with van der Waals surface area (Å²) in [7, 11) is 0. The maximum Gasteiger partial charge on any atom is 0.269 e. The van der Waals surface area contributed by atoms with Crippen molar-refractivity contribution in [1.29, 1.82) is 0 Å². The van der Waals surface area contributed by atoms with Gasteiger partial charge in [-0.25, -0.2) is 0 Å². The van der Waals surface area contributed by atoms with Crippen molar-refractivity contribution in [2.24, 2.45) is 0 Å². The van der Waals surface area contributed by atoms with Crippen molar-refractivity contribution in [2.75, 3.05) is 5.32 Å². The van der Waals surface area contributed by atoms with Crippen LogP contribution in [0.15, 0.2) is 103 Å². The predicted octanol–water partition coefficient (Wildman–Crippen LogP) is 5.71. The first-order valence-electron chi connectivity index (χ1n) is 12.3. The third-order valence-electron chi connectivity index (χ3n) is 6.61. The Morgan fingerprint density at radius 3 is 1.89 bits per heavy atom. The number of benzene rings is 4. The predicted molar refractivity (Wildman–Crippen MR) is 148 cm³/mol. The van der Waals surface area contributed by atoms with Crippen molar-refractivity contribution < 1.29 is 14.5 Å². The molecule has 0 unspecified atom stereocenters. The topological polar surface area (TPSA) is 101 Å². The molecule has 192 valence electrons. The average Bonchev–Trinajstić information content (AvgIpc) is 2.92. The molecule has 2 amide bonds. The number of nitrogens with zero attached hydrogens (tertiary/aromatic N) is 1. The molecule has 0 spiro atoms. The van der Waals surface area contributed by atoms with Gasteiger partial charge in [0, 0.05) is 24.2 Å². The van der Waals surface area contributed by atoms with E-state index in [4.69, 9.17) is 0 Å². The third kappa shape index (κ3) is 6.31. The molecular formula is C31H29N3O4. The van der Waals surface area contributed by atoms with Crippen molar-refractivity contribution in [1.82, 2.24) is 5.32 Å². The van der Waals surface area contributed by atoms with Gasteiger partial charge in [0.1, 0.15) is 6.04 Å². The average molecular weight is 508 g/mol. The van der Waals surface area contributed by atoms with E-state index in [1.54, 1.807) is 12.1 Å². The van der Waals surface area contributed by atoms with Crippen LogP contribution in [-0.4, -0.2) is 22.8 Å². The van der Waals surface area contributed by atoms with Gasteiger partial charge in [-0.05, 0) is 47.7 Å². The van der Waals surface area contributed by atoms with Crippen LogP contribution in [0.4, 0.5) is 11.4 Å². The first-order valence-corrected chi connectivity index (χ1v) is 12.3. The second kappa shape index (κ2) is 12.0. The molecule has 0 radical (unpaired) electrons. The number of non-ortho nitro benzene ring substituents is 1. The Kier molecular flexibility index (Phi) is 8.28. The van der Waals surface area contributed by atoms with E-state index in [-0.39, 0.29) is 23.9 Å². The van der Waals surface area contributed by atoms with Crippen molar-refractivity contribution >= 4 is 23.2 Å². The summed E-state index contributed by atoms with van der Waals surface area (Å²) in [5, 5.41) is 17.0. The lowest BCUT2D eigenvalue weighted by molar-refractivity contribution is -0.384. The highest BCUT2D eigenvalue weighted by atomic mass is 16.6. The lowest BCUT2D eigenvalue weighted by atomic mass is 9.90. The molecule has 7 nitrogen and oxygen atoms in total. The van der Waals surface area contributed by atoms with E-state index in [0.717, 1.165) is 22.3 Å². The quantitative estimate of drug-likeness (QED) is 0.224. The minimum Gasteiger partial charge on any atom is -0.343 e. The number of rotatable bonds is 9. The summed E-state index contributed by atoms with van der Waals surface area (Å²) in [4.78, 5) is 37.9. The van der Waals surface area contributed by atoms with Gasteiger partial charge in [-0.1, -0.05) is 84.9 Å². The van der Waals surface area contributed by atoms with E-state index in [2.05, 4.69) is 10.6 Å². The van der Waals surface area contributed by atoms with E-state index in [1.807, 2.05) is 92.7 Å². The van der Waals surface area contributed by atoms with Crippen molar-refractivity contribution in [3.8, 4) is 0 Å². The highest BCUT2D eigenvalue weighted by Crippen LogP contribution is 2.26. The number of aryl methyl sites for hydroxylation is 1. The van der Waals surface area contributed by atoms with E-state index in [1.165, 1.54) is 12.1 Å². The van der Waals surface area contributed by atoms with E-state index in [9.17, 15) is 19.7 Å². The Balaban J connectivity index is 1.65. The summed E-state index contributed by atoms with van der Waals surface area (Å²) in [5.74, 6) is -1.30. The molecule has 0 aliphatic heterocycles. The van der Waals surface area contributed by atoms with E-state index >= 15 is 0 Å². The van der Waals surface area contributed by atoms with Crippen LogP contribution >= 0.6 is 0 Å². The molecular weight excluding hydrogens is 478 g/mol. The number of nitro benzene ring substituents is 1. The van der Waals surface area contributed by atoms with Gasteiger partial charge in [-0.2, -0.15) is 0 Å². The second-order valence-corrected chi connectivity index (χ2v) is 9.18. The summed E-state index contributed by atoms with van der Waals surface area (Å²) >= 11 is 0. The van der Waals surface area contributed by atoms with E-state index in [0.29, 0.717) is 11.3 Å². The molecule has 4 aromatic rings. The zero-order valence-corrected chi connectivity index (χ0v) is 21.3. The Morgan fingerprint density at radius 2 is 1.34 bits per heavy atom. The second-order valence-electron chi connectivity index (χ2n) is 9.18. The SMILES string of the molecule is Cc1cccc(NC(=O)[C@H](Cc2ccc([N+](=O)[O-])cc2)NC(=O)C(c2ccccc2)c2ccccc2)c1C. The van der Waals surface area contributed by atoms with Crippen LogP contribution < -0.4 is 10.6 Å². The largest absolute Gasteiger partial charge is 0.343 e. The number of carbonyl (C=O) groups is 2. The van der Waals surface area contributed by atoms with Crippen LogP contribution in [-0.2, 0) is 16.0 Å². The number of carbonyl (C=O) groups excluding carboxylic acids is 2. The number of amides is 2. The van der Waals surface area contributed by atoms with Gasteiger partial charge in [0.25, 0.3) is 5.69 Å². The fraction of sp³-hybridized carbons (Fsp3) is 0.161. The van der Waals surface area contributed by atoms with Gasteiger partial charge in [0.05, 0.1) is 10.8 Å². The molecule has 0 aliphatic rings. The number of nitro groups is 1. The maximum atomic E-state index is 13.8. The first kappa shape index (κ1) is 26.3. The Hall–Kier alpha value is -4.78. The molecule has 4 aromatic carbocycles. The van der Waals surface area contributed by atoms with Crippen molar-refractivity contribution in [3.63, 3.8) is 0 Å². The normalized spacial score (nSPS) is 11.6. The maximum absolute atomic E-state index is 13.8. The molecule has 0 bridgehead atoms. The van der Waals surface area contributed by atoms with Crippen LogP contribution in [0.2, 0.25) is 0 Å². The molecule has 1 atom stereocenters. The van der Waals surface area contributed by atoms with Crippen LogP contribution in [0.5, 0.6) is 0 Å². The number of anilines is 1. The lowest BCUT2D eigenvalue weighted by Crippen LogP contribution is -2.47. The molecule has 2 N–H and O–H groups in total. The zero-order valence-electron chi connectivity index (χ0n) is 21.3. The molecule has 4 rings (SSSR count). The highest BCUT2D eigenvalue weighted by Gasteiger charge is 2.28. The van der Waals surface area contributed by atoms with Crippen LogP contribution in [0, 0.1) is 24.0 Å². The monoisotopic (exact) mass is 507 g/mol. The highest BCUT2D eigenvalue weighted by molar-refractivity contribution is 5.99. The molecule has 38 heavy (non-hydrogen) atoms. The van der Waals surface area contributed by atoms with E-state index < -0.39 is 16.9 Å². The smallest absolute Gasteiger partial charge is 0.269 e. The first-order chi connectivity index (χ1) is 18.3. The summed E-state index contributed by atoms with van der Waals surface area (Å²) in [5.41, 5.74) is 4.90. The Morgan fingerprint density at radius 1 is 0.763 bits per heavy atom. The third-order valence-corrected chi connectivity index (χ3v) is 6.61. The zero-order chi connectivity index (χ0) is 27.1. The lowest BCUT2D eigenvalue weighted by Gasteiger charge is -2.24. The fourth-order valence-corrected chi connectivity index (χ4v) is 4.35. The molecule has 0 aliphatic carbocycles. The Bertz CT molecular complexity index is 1380. The van der Waals surface area contributed by atoms with Gasteiger partial charge in [-0.15, -0.1) is 0 Å². The fourth-order valence-electron chi connectivity index (χ4n) is 4.35. The minimum atomic E-state index is -0.918. The number of hydrogen-bond acceptors (Lipinski definition) is 4. The van der Waals surface area contributed by atoms with Gasteiger partial charge < -0.3 is 10.6 Å². The van der Waals surface area contributed by atoms with Crippen LogP contribution in [0.3, 0.4) is 0 Å². The molecule has 0 aromatic heterocycles. The van der Waals surface area contributed by atoms with Gasteiger partial charge in [0.15, 0.2) is 0 Å². The summed E-state index contributed by atoms with van der Waals surface area (Å²) in [6.07, 6.45) is 0.163. The number of hydrogen-bond donors (Lipinski definition) is 2. The molecule has 0 saturated heterocycles. The van der Waals surface area contributed by atoms with Gasteiger partial charge in [0.2, 0.25) is 11.8 Å². The standard InChI is InChI=1S/C31H29N3O4/c1-21-10-9-15-27(22(21)2)32-30(35)28(20-23-16-18-26(19-17-23)34(37)38)33-31(36)29(24-11-5-3-6-12-24)25-13-7-4-8-14-25/h3-19,28-29H,20H2,1-2H3,(H,32,35)(H,33,36)/t28-/m0/s1. The summed E-state index contributed by atoms with van der Waals surface area (Å²) < 4.78 is 0. The van der Waals surface area contributed by atoms with Crippen LogP contribution in [0.25, 0.3) is 0 Å². The van der Waals surface area contributed by atoms with Gasteiger partial charge in [-0.3, -0.25) is 19.7 Å². The molecule has 7 heteroatoms. The summed E-state index contributed by atoms with van der Waals surface area (Å²) in [6, 6.07) is 29.6. The molecule has 0 saturated carbocycles. The number of nitrogens with one attached hydrogen (secondary N) is 2. The van der Waals surface area contributed by atoms with Gasteiger partial charge >= 0.3 is 0 Å². The minimum absolute atomic E-state index is 0.0395. The summed E-state index contributed by atoms with van der Waals surface area (Å²) in [6.45, 7) is 3.89. The van der Waals surface area contributed by atoms with Crippen molar-refractivity contribution in [3.05, 3.63) is 141 Å². The molecule has 0 fully saturated rings. The van der Waals surface area contributed by atoms with Crippen LogP contribution in [0.1, 0.15) is 33.7 Å². The Labute approximate surface area is 221 Å². The molecule has 0 heterocycles. The van der Waals surface area contributed by atoms with Crippen molar-refractivity contribution in [2.45, 2.75) is 32.2 Å².